The molecule has 0 radical (unpaired) electrons. The molecular weight excluding hydrogens is 439 g/mol. The molecule has 4 nitrogen and oxygen atoms in total. The van der Waals surface area contributed by atoms with E-state index in [4.69, 9.17) is 4.74 Å². The summed E-state index contributed by atoms with van der Waals surface area (Å²) >= 11 is 0. The minimum atomic E-state index is -0.475. The van der Waals surface area contributed by atoms with Gasteiger partial charge in [-0.25, -0.2) is 4.39 Å². The Morgan fingerprint density at radius 1 is 0.971 bits per heavy atom. The van der Waals surface area contributed by atoms with Crippen molar-refractivity contribution in [3.63, 3.8) is 0 Å². The van der Waals surface area contributed by atoms with Crippen LogP contribution in [0.25, 0.3) is 0 Å². The van der Waals surface area contributed by atoms with E-state index in [-0.39, 0.29) is 11.5 Å². The quantitative estimate of drug-likeness (QED) is 0.345. The topological polar surface area (TPSA) is 32.8 Å². The maximum atomic E-state index is 14.4. The van der Waals surface area contributed by atoms with Crippen LogP contribution in [0.15, 0.2) is 78.9 Å². The van der Waals surface area contributed by atoms with Crippen molar-refractivity contribution in [1.82, 2.24) is 9.80 Å². The standard InChI is InChI=1S/C30H35FN2O2/c1-24-10-7-8-19-32(24)20-9-21-33(30(34)28-13-5-6-14-29(28)31)22-25-15-17-27(18-16-25)35-23-26-11-3-2-4-12-26/h2-6,11-18,24H,7-10,19-23H2,1H3. The Hall–Kier alpha value is -3.18. The van der Waals surface area contributed by atoms with Gasteiger partial charge in [0.25, 0.3) is 5.91 Å². The van der Waals surface area contributed by atoms with Crippen LogP contribution in [0, 0.1) is 5.82 Å². The van der Waals surface area contributed by atoms with E-state index in [2.05, 4.69) is 11.8 Å². The molecule has 3 aromatic carbocycles. The van der Waals surface area contributed by atoms with Gasteiger partial charge in [0.15, 0.2) is 0 Å². The summed E-state index contributed by atoms with van der Waals surface area (Å²) in [5, 5.41) is 0. The molecule has 1 aliphatic rings. The second kappa shape index (κ2) is 12.5. The van der Waals surface area contributed by atoms with E-state index in [0.29, 0.717) is 25.7 Å². The number of carbonyl (C=O) groups is 1. The van der Waals surface area contributed by atoms with Gasteiger partial charge in [-0.1, -0.05) is 61.0 Å². The van der Waals surface area contributed by atoms with E-state index in [1.54, 1.807) is 23.1 Å². The molecule has 0 spiro atoms. The first-order valence-corrected chi connectivity index (χ1v) is 12.6. The van der Waals surface area contributed by atoms with Gasteiger partial charge in [0.05, 0.1) is 5.56 Å². The van der Waals surface area contributed by atoms with Crippen LogP contribution in [0.2, 0.25) is 0 Å². The molecule has 1 amide bonds. The summed E-state index contributed by atoms with van der Waals surface area (Å²) in [5.41, 5.74) is 2.23. The van der Waals surface area contributed by atoms with Gasteiger partial charge in [0, 0.05) is 25.7 Å². The molecule has 0 saturated carbocycles. The van der Waals surface area contributed by atoms with Gasteiger partial charge in [-0.15, -0.1) is 0 Å². The zero-order chi connectivity index (χ0) is 24.5. The Kier molecular flexibility index (Phi) is 8.90. The number of ether oxygens (including phenoxy) is 1. The van der Waals surface area contributed by atoms with Crippen molar-refractivity contribution in [2.75, 3.05) is 19.6 Å². The predicted molar refractivity (Wildman–Crippen MR) is 138 cm³/mol. The fraction of sp³-hybridized carbons (Fsp3) is 0.367. The highest BCUT2D eigenvalue weighted by atomic mass is 19.1. The zero-order valence-electron chi connectivity index (χ0n) is 20.5. The average Bonchev–Trinajstić information content (AvgIpc) is 2.89. The second-order valence-electron chi connectivity index (χ2n) is 9.36. The summed E-state index contributed by atoms with van der Waals surface area (Å²) in [6.07, 6.45) is 4.63. The van der Waals surface area contributed by atoms with E-state index in [0.717, 1.165) is 36.4 Å². The summed E-state index contributed by atoms with van der Waals surface area (Å²) in [6, 6.07) is 24.7. The minimum absolute atomic E-state index is 0.127. The Morgan fingerprint density at radius 3 is 2.46 bits per heavy atom. The Morgan fingerprint density at radius 2 is 1.71 bits per heavy atom. The van der Waals surface area contributed by atoms with Crippen LogP contribution >= 0.6 is 0 Å². The maximum Gasteiger partial charge on any atom is 0.257 e. The summed E-state index contributed by atoms with van der Waals surface area (Å²) in [6.45, 7) is 5.88. The summed E-state index contributed by atoms with van der Waals surface area (Å²) in [7, 11) is 0. The van der Waals surface area contributed by atoms with Crippen LogP contribution in [0.4, 0.5) is 4.39 Å². The fourth-order valence-electron chi connectivity index (χ4n) is 4.66. The highest BCUT2D eigenvalue weighted by Gasteiger charge is 2.21. The van der Waals surface area contributed by atoms with Crippen LogP contribution in [-0.2, 0) is 13.2 Å². The van der Waals surface area contributed by atoms with Gasteiger partial charge < -0.3 is 14.5 Å². The SMILES string of the molecule is CC1CCCCN1CCCN(Cc1ccc(OCc2ccccc2)cc1)C(=O)c1ccccc1F. The lowest BCUT2D eigenvalue weighted by Crippen LogP contribution is -2.40. The number of carbonyl (C=O) groups excluding carboxylic acids is 1. The van der Waals surface area contributed by atoms with Crippen LogP contribution < -0.4 is 4.74 Å². The molecule has 35 heavy (non-hydrogen) atoms. The first-order chi connectivity index (χ1) is 17.1. The second-order valence-corrected chi connectivity index (χ2v) is 9.36. The molecule has 1 unspecified atom stereocenters. The predicted octanol–water partition coefficient (Wildman–Crippen LogP) is 6.31. The fourth-order valence-corrected chi connectivity index (χ4v) is 4.66. The molecule has 5 heteroatoms. The third kappa shape index (κ3) is 7.15. The van der Waals surface area contributed by atoms with E-state index >= 15 is 0 Å². The third-order valence-corrected chi connectivity index (χ3v) is 6.75. The molecule has 1 saturated heterocycles. The number of hydrogen-bond acceptors (Lipinski definition) is 3. The van der Waals surface area contributed by atoms with E-state index in [1.807, 2.05) is 54.6 Å². The van der Waals surface area contributed by atoms with Crippen molar-refractivity contribution < 1.29 is 13.9 Å². The normalized spacial score (nSPS) is 16.1. The lowest BCUT2D eigenvalue weighted by Gasteiger charge is -2.34. The van der Waals surface area contributed by atoms with E-state index in [9.17, 15) is 9.18 Å². The van der Waals surface area contributed by atoms with Crippen molar-refractivity contribution in [3.8, 4) is 5.75 Å². The van der Waals surface area contributed by atoms with Gasteiger partial charge in [-0.3, -0.25) is 4.79 Å². The molecule has 0 aromatic heterocycles. The molecule has 1 heterocycles. The zero-order valence-corrected chi connectivity index (χ0v) is 20.5. The minimum Gasteiger partial charge on any atom is -0.489 e. The summed E-state index contributed by atoms with van der Waals surface area (Å²) in [4.78, 5) is 17.6. The van der Waals surface area contributed by atoms with Gasteiger partial charge in [0.2, 0.25) is 0 Å². The highest BCUT2D eigenvalue weighted by Crippen LogP contribution is 2.19. The number of hydrogen-bond donors (Lipinski definition) is 0. The third-order valence-electron chi connectivity index (χ3n) is 6.75. The van der Waals surface area contributed by atoms with Gasteiger partial charge >= 0.3 is 0 Å². The van der Waals surface area contributed by atoms with Crippen LogP contribution in [-0.4, -0.2) is 41.4 Å². The first kappa shape index (κ1) is 24.9. The molecule has 184 valence electrons. The number of benzene rings is 3. The number of rotatable bonds is 10. The molecule has 1 atom stereocenters. The van der Waals surface area contributed by atoms with E-state index in [1.165, 1.54) is 25.3 Å². The lowest BCUT2D eigenvalue weighted by atomic mass is 10.0. The molecule has 1 fully saturated rings. The van der Waals surface area contributed by atoms with Crippen LogP contribution in [0.1, 0.15) is 54.1 Å². The van der Waals surface area contributed by atoms with Crippen molar-refractivity contribution >= 4 is 5.91 Å². The Balaban J connectivity index is 1.40. The first-order valence-electron chi connectivity index (χ1n) is 12.6. The van der Waals surface area contributed by atoms with Crippen LogP contribution in [0.5, 0.6) is 5.75 Å². The number of piperidine rings is 1. The lowest BCUT2D eigenvalue weighted by molar-refractivity contribution is 0.0721. The smallest absolute Gasteiger partial charge is 0.257 e. The van der Waals surface area contributed by atoms with Gasteiger partial charge in [0.1, 0.15) is 18.2 Å². The molecule has 0 N–H and O–H groups in total. The van der Waals surface area contributed by atoms with Crippen molar-refractivity contribution in [2.45, 2.75) is 51.8 Å². The van der Waals surface area contributed by atoms with Crippen LogP contribution in [0.3, 0.4) is 0 Å². The maximum absolute atomic E-state index is 14.4. The molecule has 3 aromatic rings. The Labute approximate surface area is 208 Å². The average molecular weight is 475 g/mol. The highest BCUT2D eigenvalue weighted by molar-refractivity contribution is 5.94. The number of likely N-dealkylation sites (tertiary alicyclic amines) is 1. The molecular formula is C30H35FN2O2. The van der Waals surface area contributed by atoms with Crippen molar-refractivity contribution in [3.05, 3.63) is 101 Å². The number of nitrogens with zero attached hydrogens (tertiary/aromatic N) is 2. The van der Waals surface area contributed by atoms with Crippen molar-refractivity contribution in [2.24, 2.45) is 0 Å². The Bertz CT molecular complexity index is 1070. The molecule has 0 aliphatic carbocycles. The van der Waals surface area contributed by atoms with Gasteiger partial charge in [-0.2, -0.15) is 0 Å². The summed E-state index contributed by atoms with van der Waals surface area (Å²) in [5.74, 6) is 0.0414. The number of amides is 1. The van der Waals surface area contributed by atoms with Crippen molar-refractivity contribution in [1.29, 1.82) is 0 Å². The molecule has 1 aliphatic heterocycles. The number of halogens is 1. The monoisotopic (exact) mass is 474 g/mol. The van der Waals surface area contributed by atoms with Gasteiger partial charge in [-0.05, 0) is 68.1 Å². The van der Waals surface area contributed by atoms with E-state index < -0.39 is 5.82 Å². The molecule has 4 rings (SSSR count). The largest absolute Gasteiger partial charge is 0.489 e. The summed E-state index contributed by atoms with van der Waals surface area (Å²) < 4.78 is 20.3. The molecule has 0 bridgehead atoms.